The summed E-state index contributed by atoms with van der Waals surface area (Å²) in [6, 6.07) is 18.2. The number of carbonyl (C=O) groups is 2. The van der Waals surface area contributed by atoms with Crippen molar-refractivity contribution in [2.45, 2.75) is 25.8 Å². The number of hydrogen-bond acceptors (Lipinski definition) is 5. The van der Waals surface area contributed by atoms with Crippen LogP contribution in [0.25, 0.3) is 11.5 Å². The van der Waals surface area contributed by atoms with Crippen LogP contribution in [0, 0.1) is 6.92 Å². The number of hydrogen-bond donors (Lipinski definition) is 1. The number of nitrogens with one attached hydrogen (secondary N) is 1. The van der Waals surface area contributed by atoms with Crippen LogP contribution >= 0.6 is 0 Å². The van der Waals surface area contributed by atoms with Gasteiger partial charge in [-0.05, 0) is 24.6 Å². The average molecular weight is 378 g/mol. The van der Waals surface area contributed by atoms with Gasteiger partial charge in [0.1, 0.15) is 11.8 Å². The lowest BCUT2D eigenvalue weighted by Gasteiger charge is -2.16. The highest BCUT2D eigenvalue weighted by molar-refractivity contribution is 5.85. The van der Waals surface area contributed by atoms with Crippen LogP contribution in [0.1, 0.15) is 17.0 Å². The number of aryl methyl sites for hydroxylation is 1. The minimum Gasteiger partial charge on any atom is -0.467 e. The Morgan fingerprint density at radius 1 is 1.07 bits per heavy atom. The fraction of sp³-hybridized carbons (Fsp3) is 0.227. The van der Waals surface area contributed by atoms with E-state index in [1.165, 1.54) is 7.11 Å². The number of oxazole rings is 1. The lowest BCUT2D eigenvalue weighted by atomic mass is 10.1. The van der Waals surface area contributed by atoms with Crippen molar-refractivity contribution in [3.05, 3.63) is 77.7 Å². The van der Waals surface area contributed by atoms with E-state index in [4.69, 9.17) is 9.15 Å². The number of benzene rings is 2. The number of ether oxygens (including phenoxy) is 1. The summed E-state index contributed by atoms with van der Waals surface area (Å²) in [6.45, 7) is 1.77. The number of amides is 1. The topological polar surface area (TPSA) is 81.4 Å². The summed E-state index contributed by atoms with van der Waals surface area (Å²) in [5, 5.41) is 2.75. The molecule has 0 fully saturated rings. The maximum absolute atomic E-state index is 12.5. The molecule has 3 rings (SSSR count). The molecule has 1 heterocycles. The summed E-state index contributed by atoms with van der Waals surface area (Å²) in [5.74, 6) is 0.239. The molecule has 6 nitrogen and oxygen atoms in total. The van der Waals surface area contributed by atoms with Gasteiger partial charge >= 0.3 is 5.97 Å². The second kappa shape index (κ2) is 8.99. The molecular weight excluding hydrogens is 356 g/mol. The van der Waals surface area contributed by atoms with Crippen LogP contribution in [0.3, 0.4) is 0 Å². The minimum absolute atomic E-state index is 0.0183. The number of carbonyl (C=O) groups excluding carboxylic acids is 2. The van der Waals surface area contributed by atoms with E-state index in [0.717, 1.165) is 11.1 Å². The highest BCUT2D eigenvalue weighted by Crippen LogP contribution is 2.21. The SMILES string of the molecule is COC(=O)C(Cc1ccccc1)NC(=O)Cc1nc(-c2ccccc2)oc1C. The van der Waals surface area contributed by atoms with Gasteiger partial charge in [0.05, 0.1) is 19.2 Å². The third-order valence-electron chi connectivity index (χ3n) is 4.34. The molecule has 1 atom stereocenters. The molecule has 0 spiro atoms. The van der Waals surface area contributed by atoms with Crippen LogP contribution in [-0.4, -0.2) is 30.0 Å². The van der Waals surface area contributed by atoms with Gasteiger partial charge in [-0.15, -0.1) is 0 Å². The first kappa shape index (κ1) is 19.4. The lowest BCUT2D eigenvalue weighted by molar-refractivity contribution is -0.145. The first-order valence-electron chi connectivity index (χ1n) is 8.99. The summed E-state index contributed by atoms with van der Waals surface area (Å²) >= 11 is 0. The molecule has 2 aromatic carbocycles. The van der Waals surface area contributed by atoms with Crippen molar-refractivity contribution >= 4 is 11.9 Å². The second-order valence-corrected chi connectivity index (χ2v) is 6.40. The Bertz CT molecular complexity index is 936. The summed E-state index contributed by atoms with van der Waals surface area (Å²) in [5.41, 5.74) is 2.32. The molecule has 28 heavy (non-hydrogen) atoms. The van der Waals surface area contributed by atoms with E-state index in [-0.39, 0.29) is 12.3 Å². The fourth-order valence-corrected chi connectivity index (χ4v) is 2.88. The monoisotopic (exact) mass is 378 g/mol. The number of methoxy groups -OCH3 is 1. The zero-order valence-corrected chi connectivity index (χ0v) is 15.8. The van der Waals surface area contributed by atoms with E-state index in [1.807, 2.05) is 60.7 Å². The maximum Gasteiger partial charge on any atom is 0.328 e. The molecule has 0 aliphatic carbocycles. The Morgan fingerprint density at radius 2 is 1.71 bits per heavy atom. The van der Waals surface area contributed by atoms with Crippen LogP contribution < -0.4 is 5.32 Å². The average Bonchev–Trinajstić information content (AvgIpc) is 3.08. The van der Waals surface area contributed by atoms with Gasteiger partial charge in [-0.25, -0.2) is 9.78 Å². The number of nitrogens with zero attached hydrogens (tertiary/aromatic N) is 1. The normalized spacial score (nSPS) is 11.6. The third-order valence-corrected chi connectivity index (χ3v) is 4.34. The lowest BCUT2D eigenvalue weighted by Crippen LogP contribution is -2.43. The van der Waals surface area contributed by atoms with Crippen LogP contribution in [0.15, 0.2) is 65.1 Å². The molecule has 3 aromatic rings. The van der Waals surface area contributed by atoms with Gasteiger partial charge in [0, 0.05) is 12.0 Å². The highest BCUT2D eigenvalue weighted by atomic mass is 16.5. The molecule has 1 aromatic heterocycles. The van der Waals surface area contributed by atoms with Gasteiger partial charge in [0.2, 0.25) is 11.8 Å². The molecule has 1 unspecified atom stereocenters. The van der Waals surface area contributed by atoms with Crippen LogP contribution in [0.2, 0.25) is 0 Å². The van der Waals surface area contributed by atoms with Crippen molar-refractivity contribution in [3.63, 3.8) is 0 Å². The van der Waals surface area contributed by atoms with Gasteiger partial charge in [0.25, 0.3) is 0 Å². The van der Waals surface area contributed by atoms with Gasteiger partial charge < -0.3 is 14.5 Å². The molecular formula is C22H22N2O4. The predicted molar refractivity (Wildman–Crippen MR) is 104 cm³/mol. The zero-order chi connectivity index (χ0) is 19.9. The first-order valence-corrected chi connectivity index (χ1v) is 8.99. The predicted octanol–water partition coefficient (Wildman–Crippen LogP) is 3.09. The van der Waals surface area contributed by atoms with Crippen LogP contribution in [0.5, 0.6) is 0 Å². The molecule has 0 aliphatic heterocycles. The molecule has 0 saturated carbocycles. The Kier molecular flexibility index (Phi) is 6.22. The standard InChI is InChI=1S/C22H22N2O4/c1-15-18(24-21(28-15)17-11-7-4-8-12-17)14-20(25)23-19(22(26)27-2)13-16-9-5-3-6-10-16/h3-12,19H,13-14H2,1-2H3,(H,23,25). The van der Waals surface area contributed by atoms with E-state index in [0.29, 0.717) is 23.8 Å². The van der Waals surface area contributed by atoms with Crippen molar-refractivity contribution in [1.82, 2.24) is 10.3 Å². The van der Waals surface area contributed by atoms with Crippen molar-refractivity contribution in [1.29, 1.82) is 0 Å². The number of rotatable bonds is 7. The summed E-state index contributed by atoms with van der Waals surface area (Å²) < 4.78 is 10.5. The maximum atomic E-state index is 12.5. The van der Waals surface area contributed by atoms with Gasteiger partial charge in [-0.1, -0.05) is 48.5 Å². The van der Waals surface area contributed by atoms with E-state index in [2.05, 4.69) is 10.3 Å². The Balaban J connectivity index is 1.69. The summed E-state index contributed by atoms with van der Waals surface area (Å²) in [7, 11) is 1.31. The van der Waals surface area contributed by atoms with Crippen LogP contribution in [-0.2, 0) is 27.2 Å². The Labute approximate surface area is 163 Å². The Hall–Kier alpha value is -3.41. The minimum atomic E-state index is -0.763. The first-order chi connectivity index (χ1) is 13.6. The molecule has 0 radical (unpaired) electrons. The number of aromatic nitrogens is 1. The van der Waals surface area contributed by atoms with Crippen LogP contribution in [0.4, 0.5) is 0 Å². The van der Waals surface area contributed by atoms with Crippen molar-refractivity contribution in [3.8, 4) is 11.5 Å². The largest absolute Gasteiger partial charge is 0.467 e. The molecule has 0 bridgehead atoms. The Morgan fingerprint density at radius 3 is 2.36 bits per heavy atom. The number of esters is 1. The highest BCUT2D eigenvalue weighted by Gasteiger charge is 2.23. The molecule has 144 valence electrons. The van der Waals surface area contributed by atoms with Crippen molar-refractivity contribution in [2.24, 2.45) is 0 Å². The second-order valence-electron chi connectivity index (χ2n) is 6.40. The summed E-state index contributed by atoms with van der Waals surface area (Å²) in [6.07, 6.45) is 0.372. The van der Waals surface area contributed by atoms with Gasteiger partial charge in [-0.2, -0.15) is 0 Å². The molecule has 0 saturated heterocycles. The molecule has 1 N–H and O–H groups in total. The van der Waals surface area contributed by atoms with E-state index >= 15 is 0 Å². The molecule has 0 aliphatic rings. The molecule has 1 amide bonds. The third kappa shape index (κ3) is 4.85. The van der Waals surface area contributed by atoms with Crippen molar-refractivity contribution in [2.75, 3.05) is 7.11 Å². The smallest absolute Gasteiger partial charge is 0.328 e. The zero-order valence-electron chi connectivity index (χ0n) is 15.8. The van der Waals surface area contributed by atoms with Gasteiger partial charge in [-0.3, -0.25) is 4.79 Å². The van der Waals surface area contributed by atoms with E-state index in [1.54, 1.807) is 6.92 Å². The van der Waals surface area contributed by atoms with E-state index in [9.17, 15) is 9.59 Å². The summed E-state index contributed by atoms with van der Waals surface area (Å²) in [4.78, 5) is 29.1. The quantitative estimate of drug-likeness (QED) is 0.639. The fourth-order valence-electron chi connectivity index (χ4n) is 2.88. The van der Waals surface area contributed by atoms with Gasteiger partial charge in [0.15, 0.2) is 0 Å². The van der Waals surface area contributed by atoms with E-state index < -0.39 is 12.0 Å². The van der Waals surface area contributed by atoms with Crippen molar-refractivity contribution < 1.29 is 18.7 Å². The molecule has 6 heteroatoms.